The monoisotopic (exact) mass is 396 g/mol. The Labute approximate surface area is 163 Å². The average Bonchev–Trinajstić information content (AvgIpc) is 2.92. The number of hydrogen-bond donors (Lipinski definition) is 1. The minimum atomic E-state index is -3.80. The molecule has 1 atom stereocenters. The molecule has 1 heterocycles. The van der Waals surface area contributed by atoms with Crippen LogP contribution in [0.5, 0.6) is 5.75 Å². The van der Waals surface area contributed by atoms with E-state index in [0.29, 0.717) is 29.1 Å². The quantitative estimate of drug-likeness (QED) is 0.712. The second kappa shape index (κ2) is 6.83. The van der Waals surface area contributed by atoms with Gasteiger partial charge < -0.3 is 10.1 Å². The van der Waals surface area contributed by atoms with Gasteiger partial charge in [0.25, 0.3) is 10.0 Å². The Morgan fingerprint density at radius 1 is 1.07 bits per heavy atom. The molecular formula is C21H20N2O4S. The maximum Gasteiger partial charge on any atom is 0.265 e. The van der Waals surface area contributed by atoms with E-state index in [4.69, 9.17) is 4.74 Å². The van der Waals surface area contributed by atoms with Crippen LogP contribution in [0.15, 0.2) is 65.6 Å². The zero-order valence-electron chi connectivity index (χ0n) is 15.5. The maximum absolute atomic E-state index is 13.1. The lowest BCUT2D eigenvalue weighted by Crippen LogP contribution is -2.43. The number of nitrogens with zero attached hydrogens (tertiary/aromatic N) is 1. The number of hydrogen-bond acceptors (Lipinski definition) is 4. The van der Waals surface area contributed by atoms with Gasteiger partial charge in [0.15, 0.2) is 0 Å². The van der Waals surface area contributed by atoms with E-state index in [2.05, 4.69) is 5.32 Å². The van der Waals surface area contributed by atoms with E-state index in [1.165, 1.54) is 4.31 Å². The van der Waals surface area contributed by atoms with Crippen LogP contribution in [0.1, 0.15) is 13.8 Å². The predicted octanol–water partition coefficient (Wildman–Crippen LogP) is 3.77. The van der Waals surface area contributed by atoms with Crippen molar-refractivity contribution in [3.05, 3.63) is 60.7 Å². The summed E-state index contributed by atoms with van der Waals surface area (Å²) in [4.78, 5) is 13.1. The molecule has 0 aliphatic carbocycles. The second-order valence-electron chi connectivity index (χ2n) is 6.55. The second-order valence-corrected chi connectivity index (χ2v) is 8.34. The van der Waals surface area contributed by atoms with E-state index in [9.17, 15) is 13.2 Å². The number of nitrogens with one attached hydrogen (secondary N) is 1. The molecule has 0 bridgehead atoms. The van der Waals surface area contributed by atoms with Crippen LogP contribution >= 0.6 is 0 Å². The molecule has 0 saturated heterocycles. The molecule has 1 amide bonds. The molecule has 1 aliphatic rings. The fraction of sp³-hybridized carbons (Fsp3) is 0.190. The molecule has 28 heavy (non-hydrogen) atoms. The van der Waals surface area contributed by atoms with Crippen molar-refractivity contribution in [2.24, 2.45) is 0 Å². The minimum absolute atomic E-state index is 0.237. The number of amides is 1. The first-order valence-corrected chi connectivity index (χ1v) is 10.5. The first-order valence-electron chi connectivity index (χ1n) is 9.03. The number of carbonyl (C=O) groups is 1. The van der Waals surface area contributed by atoms with Gasteiger partial charge in [0, 0.05) is 11.1 Å². The summed E-state index contributed by atoms with van der Waals surface area (Å²) in [6.45, 7) is 4.04. The van der Waals surface area contributed by atoms with Gasteiger partial charge in [0.2, 0.25) is 5.91 Å². The summed E-state index contributed by atoms with van der Waals surface area (Å²) in [6, 6.07) is 16.6. The molecule has 1 N–H and O–H groups in total. The predicted molar refractivity (Wildman–Crippen MR) is 109 cm³/mol. The Morgan fingerprint density at radius 3 is 2.43 bits per heavy atom. The number of carbonyl (C=O) groups excluding carboxylic acids is 1. The van der Waals surface area contributed by atoms with Gasteiger partial charge in [-0.2, -0.15) is 0 Å². The van der Waals surface area contributed by atoms with Crippen LogP contribution in [0, 0.1) is 0 Å². The van der Waals surface area contributed by atoms with Crippen molar-refractivity contribution >= 4 is 38.1 Å². The van der Waals surface area contributed by atoms with E-state index in [1.807, 2.05) is 19.1 Å². The van der Waals surface area contributed by atoms with Crippen LogP contribution < -0.4 is 14.4 Å². The van der Waals surface area contributed by atoms with E-state index < -0.39 is 22.0 Å². The van der Waals surface area contributed by atoms with Crippen molar-refractivity contribution in [1.82, 2.24) is 0 Å². The van der Waals surface area contributed by atoms with Crippen LogP contribution in [0.2, 0.25) is 0 Å². The lowest BCUT2D eigenvalue weighted by Gasteiger charge is -2.25. The summed E-state index contributed by atoms with van der Waals surface area (Å²) in [5.41, 5.74) is 1.11. The van der Waals surface area contributed by atoms with Gasteiger partial charge in [-0.3, -0.25) is 9.10 Å². The number of benzene rings is 3. The molecule has 0 aromatic heterocycles. The van der Waals surface area contributed by atoms with E-state index in [0.717, 1.165) is 5.39 Å². The summed E-state index contributed by atoms with van der Waals surface area (Å²) < 4.78 is 32.8. The van der Waals surface area contributed by atoms with Gasteiger partial charge in [0.05, 0.1) is 17.2 Å². The Balaban J connectivity index is 1.64. The number of sulfonamides is 1. The third kappa shape index (κ3) is 2.88. The molecule has 3 aromatic rings. The Bertz CT molecular complexity index is 1150. The molecule has 0 unspecified atom stereocenters. The topological polar surface area (TPSA) is 75.7 Å². The fourth-order valence-electron chi connectivity index (χ4n) is 3.49. The van der Waals surface area contributed by atoms with Crippen molar-refractivity contribution in [2.45, 2.75) is 24.8 Å². The molecule has 0 radical (unpaired) electrons. The van der Waals surface area contributed by atoms with Crippen LogP contribution in [0.3, 0.4) is 0 Å². The molecular weight excluding hydrogens is 376 g/mol. The molecule has 3 aromatic carbocycles. The molecule has 6 nitrogen and oxygen atoms in total. The summed E-state index contributed by atoms with van der Waals surface area (Å²) in [5.74, 6) is 0.301. The molecule has 1 aliphatic heterocycles. The van der Waals surface area contributed by atoms with Gasteiger partial charge in [-0.25, -0.2) is 8.42 Å². The molecule has 144 valence electrons. The minimum Gasteiger partial charge on any atom is -0.494 e. The van der Waals surface area contributed by atoms with Gasteiger partial charge in [-0.1, -0.05) is 24.3 Å². The average molecular weight is 396 g/mol. The van der Waals surface area contributed by atoms with Gasteiger partial charge in [0.1, 0.15) is 11.8 Å². The molecule has 4 rings (SSSR count). The van der Waals surface area contributed by atoms with Crippen molar-refractivity contribution in [2.75, 3.05) is 16.2 Å². The number of rotatable bonds is 5. The molecule has 7 heteroatoms. The van der Waals surface area contributed by atoms with E-state index in [1.54, 1.807) is 55.5 Å². The third-order valence-electron chi connectivity index (χ3n) is 4.78. The van der Waals surface area contributed by atoms with Crippen LogP contribution in [-0.4, -0.2) is 27.0 Å². The molecule has 0 spiro atoms. The largest absolute Gasteiger partial charge is 0.494 e. The summed E-state index contributed by atoms with van der Waals surface area (Å²) in [5, 5.41) is 4.28. The highest BCUT2D eigenvalue weighted by molar-refractivity contribution is 7.93. The lowest BCUT2D eigenvalue weighted by atomic mass is 10.1. The molecule has 0 fully saturated rings. The number of ether oxygens (including phenoxy) is 1. The van der Waals surface area contributed by atoms with Crippen molar-refractivity contribution in [3.8, 4) is 5.75 Å². The lowest BCUT2D eigenvalue weighted by molar-refractivity contribution is -0.116. The van der Waals surface area contributed by atoms with Crippen LogP contribution in [-0.2, 0) is 14.8 Å². The summed E-state index contributed by atoms with van der Waals surface area (Å²) in [6.07, 6.45) is 0. The van der Waals surface area contributed by atoms with Crippen molar-refractivity contribution < 1.29 is 17.9 Å². The SMILES string of the molecule is CCOc1ccc(NC(=O)[C@@H](C)N2c3cccc4cccc(c34)S2(=O)=O)cc1. The Morgan fingerprint density at radius 2 is 1.75 bits per heavy atom. The van der Waals surface area contributed by atoms with Gasteiger partial charge in [-0.05, 0) is 55.6 Å². The van der Waals surface area contributed by atoms with E-state index in [-0.39, 0.29) is 4.90 Å². The standard InChI is InChI=1S/C21H20N2O4S/c1-3-27-17-12-10-16(11-13-17)22-21(24)14(2)23-18-8-4-6-15-7-5-9-19(20(15)18)28(23,25)26/h4-14H,3H2,1-2H3,(H,22,24)/t14-/m1/s1. The normalized spacial score (nSPS) is 15.4. The van der Waals surface area contributed by atoms with Gasteiger partial charge >= 0.3 is 0 Å². The number of anilines is 2. The Kier molecular flexibility index (Phi) is 4.47. The summed E-state index contributed by atoms with van der Waals surface area (Å²) in [7, 11) is -3.80. The zero-order chi connectivity index (χ0) is 19.9. The van der Waals surface area contributed by atoms with Crippen LogP contribution in [0.4, 0.5) is 11.4 Å². The van der Waals surface area contributed by atoms with Crippen LogP contribution in [0.25, 0.3) is 10.8 Å². The summed E-state index contributed by atoms with van der Waals surface area (Å²) >= 11 is 0. The first kappa shape index (κ1) is 18.3. The van der Waals surface area contributed by atoms with E-state index >= 15 is 0 Å². The maximum atomic E-state index is 13.1. The van der Waals surface area contributed by atoms with Crippen molar-refractivity contribution in [1.29, 1.82) is 0 Å². The highest BCUT2D eigenvalue weighted by Gasteiger charge is 2.40. The fourth-order valence-corrected chi connectivity index (χ4v) is 5.36. The smallest absolute Gasteiger partial charge is 0.265 e. The first-order chi connectivity index (χ1) is 13.4. The van der Waals surface area contributed by atoms with Gasteiger partial charge in [-0.15, -0.1) is 0 Å². The highest BCUT2D eigenvalue weighted by atomic mass is 32.2. The highest BCUT2D eigenvalue weighted by Crippen LogP contribution is 2.43. The molecule has 0 saturated carbocycles. The zero-order valence-corrected chi connectivity index (χ0v) is 16.4. The Hall–Kier alpha value is -3.06. The third-order valence-corrected chi connectivity index (χ3v) is 6.71. The van der Waals surface area contributed by atoms with Crippen molar-refractivity contribution in [3.63, 3.8) is 0 Å².